The number of hydrogen-bond donors (Lipinski definition) is 2. The lowest BCUT2D eigenvalue weighted by atomic mass is 10.1. The lowest BCUT2D eigenvalue weighted by Crippen LogP contribution is -2.31. The number of nitrogens with zero attached hydrogens (tertiary/aromatic N) is 1. The van der Waals surface area contributed by atoms with Gasteiger partial charge < -0.3 is 10.6 Å². The van der Waals surface area contributed by atoms with Gasteiger partial charge in [-0.05, 0) is 92.4 Å². The lowest BCUT2D eigenvalue weighted by Gasteiger charge is -2.13. The maximum absolute atomic E-state index is 13.0. The molecule has 0 aliphatic carbocycles. The number of nitro groups is 1. The minimum Gasteiger partial charge on any atom is -0.320 e. The molecule has 0 bridgehead atoms. The number of carbonyl (C=O) groups excluding carboxylic acids is 2. The van der Waals surface area contributed by atoms with Crippen molar-refractivity contribution in [2.75, 3.05) is 5.32 Å². The zero-order valence-corrected chi connectivity index (χ0v) is 19.9. The molecule has 0 aliphatic heterocycles. The van der Waals surface area contributed by atoms with Gasteiger partial charge in [-0.2, -0.15) is 0 Å². The first-order valence-electron chi connectivity index (χ1n) is 9.34. The van der Waals surface area contributed by atoms with E-state index in [0.717, 1.165) is 5.56 Å². The molecule has 2 amide bonds. The summed E-state index contributed by atoms with van der Waals surface area (Å²) < 4.78 is 1.27. The number of rotatable bonds is 6. The van der Waals surface area contributed by atoms with Gasteiger partial charge in [0.15, 0.2) is 0 Å². The molecule has 3 rings (SSSR count). The van der Waals surface area contributed by atoms with E-state index in [1.54, 1.807) is 30.3 Å². The van der Waals surface area contributed by atoms with Crippen LogP contribution < -0.4 is 10.6 Å². The molecule has 3 aromatic carbocycles. The van der Waals surface area contributed by atoms with Crippen molar-refractivity contribution in [3.8, 4) is 0 Å². The first-order chi connectivity index (χ1) is 15.2. The third-order valence-electron chi connectivity index (χ3n) is 4.40. The lowest BCUT2D eigenvalue weighted by molar-refractivity contribution is -0.384. The monoisotopic (exact) mass is 557 g/mol. The van der Waals surface area contributed by atoms with Gasteiger partial charge in [-0.25, -0.2) is 0 Å². The van der Waals surface area contributed by atoms with Gasteiger partial charge in [0.2, 0.25) is 0 Å². The quantitative estimate of drug-likeness (QED) is 0.225. The van der Waals surface area contributed by atoms with Crippen LogP contribution >= 0.6 is 31.9 Å². The fourth-order valence-electron chi connectivity index (χ4n) is 2.76. The van der Waals surface area contributed by atoms with E-state index in [9.17, 15) is 19.7 Å². The number of nitro benzene ring substituents is 1. The molecule has 0 saturated heterocycles. The number of anilines is 1. The van der Waals surface area contributed by atoms with Gasteiger partial charge in [-0.15, -0.1) is 0 Å². The van der Waals surface area contributed by atoms with E-state index in [1.807, 2.05) is 19.1 Å². The van der Waals surface area contributed by atoms with Gasteiger partial charge in [0.05, 0.1) is 16.2 Å². The molecule has 0 saturated carbocycles. The van der Waals surface area contributed by atoms with E-state index in [2.05, 4.69) is 42.5 Å². The molecular formula is C23H17Br2N3O4. The first kappa shape index (κ1) is 23.4. The average molecular weight is 559 g/mol. The maximum Gasteiger partial charge on any atom is 0.272 e. The molecule has 0 atom stereocenters. The van der Waals surface area contributed by atoms with E-state index in [1.165, 1.54) is 30.3 Å². The molecule has 32 heavy (non-hydrogen) atoms. The third kappa shape index (κ3) is 5.89. The second-order valence-corrected chi connectivity index (χ2v) is 8.49. The van der Waals surface area contributed by atoms with Gasteiger partial charge in [0, 0.05) is 21.1 Å². The van der Waals surface area contributed by atoms with Gasteiger partial charge in [-0.3, -0.25) is 19.7 Å². The summed E-state index contributed by atoms with van der Waals surface area (Å²) in [6, 6.07) is 17.9. The summed E-state index contributed by atoms with van der Waals surface area (Å²) in [5, 5.41) is 16.3. The Hall–Kier alpha value is -3.30. The summed E-state index contributed by atoms with van der Waals surface area (Å²) in [5.74, 6) is -1.03. The smallest absolute Gasteiger partial charge is 0.272 e. The number of amides is 2. The number of aryl methyl sites for hydroxylation is 1. The molecule has 3 aromatic rings. The first-order valence-corrected chi connectivity index (χ1v) is 10.9. The van der Waals surface area contributed by atoms with Gasteiger partial charge >= 0.3 is 0 Å². The van der Waals surface area contributed by atoms with Crippen molar-refractivity contribution in [3.05, 3.63) is 108 Å². The fourth-order valence-corrected chi connectivity index (χ4v) is 3.82. The molecule has 0 spiro atoms. The molecule has 0 aliphatic rings. The molecule has 9 heteroatoms. The van der Waals surface area contributed by atoms with Crippen molar-refractivity contribution >= 4 is 61.1 Å². The minimum atomic E-state index is -0.548. The number of carbonyl (C=O) groups is 2. The Bertz CT molecular complexity index is 1220. The largest absolute Gasteiger partial charge is 0.320 e. The van der Waals surface area contributed by atoms with Crippen molar-refractivity contribution in [2.45, 2.75) is 6.92 Å². The summed E-state index contributed by atoms with van der Waals surface area (Å²) >= 11 is 6.75. The predicted molar refractivity (Wildman–Crippen MR) is 130 cm³/mol. The van der Waals surface area contributed by atoms with Crippen LogP contribution in [0.4, 0.5) is 11.4 Å². The zero-order valence-electron chi connectivity index (χ0n) is 16.8. The third-order valence-corrected chi connectivity index (χ3v) is 5.75. The molecule has 0 aromatic heterocycles. The molecular weight excluding hydrogens is 542 g/mol. The highest BCUT2D eigenvalue weighted by molar-refractivity contribution is 9.11. The molecule has 7 nitrogen and oxygen atoms in total. The van der Waals surface area contributed by atoms with E-state index >= 15 is 0 Å². The second-order valence-electron chi connectivity index (χ2n) is 6.78. The predicted octanol–water partition coefficient (Wildman–Crippen LogP) is 5.84. The Morgan fingerprint density at radius 3 is 2.28 bits per heavy atom. The van der Waals surface area contributed by atoms with E-state index < -0.39 is 16.7 Å². The summed E-state index contributed by atoms with van der Waals surface area (Å²) in [5.41, 5.74) is 2.31. The number of nitrogens with one attached hydrogen (secondary N) is 2. The zero-order chi connectivity index (χ0) is 23.3. The van der Waals surface area contributed by atoms with Crippen LogP contribution in [0.5, 0.6) is 0 Å². The van der Waals surface area contributed by atoms with Crippen LogP contribution in [0.15, 0.2) is 81.4 Å². The number of non-ortho nitro benzene ring substituents is 1. The molecule has 0 heterocycles. The number of benzene rings is 3. The van der Waals surface area contributed by atoms with Crippen LogP contribution in [0.1, 0.15) is 21.5 Å². The number of hydrogen-bond acceptors (Lipinski definition) is 4. The van der Waals surface area contributed by atoms with Gasteiger partial charge in [0.1, 0.15) is 5.70 Å². The van der Waals surface area contributed by atoms with Crippen LogP contribution in [-0.4, -0.2) is 16.7 Å². The highest BCUT2D eigenvalue weighted by Gasteiger charge is 2.17. The summed E-state index contributed by atoms with van der Waals surface area (Å²) in [6.07, 6.45) is 1.45. The molecule has 0 unspecified atom stereocenters. The minimum absolute atomic E-state index is 0.0212. The Balaban J connectivity index is 1.94. The van der Waals surface area contributed by atoms with Crippen LogP contribution in [0.3, 0.4) is 0 Å². The normalized spacial score (nSPS) is 11.0. The van der Waals surface area contributed by atoms with Gasteiger partial charge in [0.25, 0.3) is 17.5 Å². The standard InChI is InChI=1S/C23H17Br2N3O4/c1-14-6-11-20(19(25)12-14)26-23(30)21(13-15-7-9-16(10-8-15)28(31)32)27-22(29)17-4-2-3-5-18(17)24/h2-13H,1H3,(H,26,30)(H,27,29). The van der Waals surface area contributed by atoms with E-state index in [-0.39, 0.29) is 11.4 Å². The summed E-state index contributed by atoms with van der Waals surface area (Å²) in [6.45, 7) is 1.92. The molecule has 0 radical (unpaired) electrons. The van der Waals surface area contributed by atoms with Crippen molar-refractivity contribution < 1.29 is 14.5 Å². The summed E-state index contributed by atoms with van der Waals surface area (Å²) in [7, 11) is 0. The highest BCUT2D eigenvalue weighted by Crippen LogP contribution is 2.24. The van der Waals surface area contributed by atoms with Crippen LogP contribution in [0.25, 0.3) is 6.08 Å². The molecule has 0 fully saturated rings. The van der Waals surface area contributed by atoms with Crippen molar-refractivity contribution in [3.63, 3.8) is 0 Å². The van der Waals surface area contributed by atoms with E-state index in [0.29, 0.717) is 25.8 Å². The number of halogens is 2. The van der Waals surface area contributed by atoms with Crippen molar-refractivity contribution in [2.24, 2.45) is 0 Å². The SMILES string of the molecule is Cc1ccc(NC(=O)C(=Cc2ccc([N+](=O)[O-])cc2)NC(=O)c2ccccc2Br)c(Br)c1. The fraction of sp³-hybridized carbons (Fsp3) is 0.0435. The maximum atomic E-state index is 13.0. The Morgan fingerprint density at radius 2 is 1.66 bits per heavy atom. The van der Waals surface area contributed by atoms with Crippen molar-refractivity contribution in [1.29, 1.82) is 0 Å². The van der Waals surface area contributed by atoms with Crippen LogP contribution in [0.2, 0.25) is 0 Å². The van der Waals surface area contributed by atoms with Crippen LogP contribution in [0, 0.1) is 17.0 Å². The van der Waals surface area contributed by atoms with Gasteiger partial charge in [-0.1, -0.05) is 18.2 Å². The Morgan fingerprint density at radius 1 is 0.969 bits per heavy atom. The second kappa shape index (κ2) is 10.3. The Labute approximate surface area is 200 Å². The van der Waals surface area contributed by atoms with Crippen LogP contribution in [-0.2, 0) is 4.79 Å². The Kier molecular flexibility index (Phi) is 7.55. The average Bonchev–Trinajstić information content (AvgIpc) is 2.75. The molecule has 162 valence electrons. The highest BCUT2D eigenvalue weighted by atomic mass is 79.9. The summed E-state index contributed by atoms with van der Waals surface area (Å²) in [4.78, 5) is 36.3. The topological polar surface area (TPSA) is 101 Å². The van der Waals surface area contributed by atoms with E-state index in [4.69, 9.17) is 0 Å². The molecule has 2 N–H and O–H groups in total. The van der Waals surface area contributed by atoms with Crippen molar-refractivity contribution in [1.82, 2.24) is 5.32 Å².